The molecular weight excluding hydrogens is 292 g/mol. The van der Waals surface area contributed by atoms with Crippen molar-refractivity contribution in [2.45, 2.75) is 6.92 Å². The van der Waals surface area contributed by atoms with Crippen LogP contribution in [0.25, 0.3) is 16.6 Å². The lowest BCUT2D eigenvalue weighted by atomic mass is 10.2. The summed E-state index contributed by atoms with van der Waals surface area (Å²) in [4.78, 5) is 15.6. The number of nitrogens with one attached hydrogen (secondary N) is 1. The minimum absolute atomic E-state index is 0.149. The van der Waals surface area contributed by atoms with Crippen LogP contribution >= 0.6 is 23.8 Å². The number of hydrogen-bond donors (Lipinski definition) is 1. The lowest BCUT2D eigenvalue weighted by Crippen LogP contribution is -2.20. The second kappa shape index (κ2) is 4.89. The van der Waals surface area contributed by atoms with Crippen molar-refractivity contribution in [1.82, 2.24) is 9.55 Å². The molecule has 3 aromatic rings. The molecule has 0 aliphatic heterocycles. The highest BCUT2D eigenvalue weighted by molar-refractivity contribution is 7.71. The van der Waals surface area contributed by atoms with Gasteiger partial charge >= 0.3 is 0 Å². The Labute approximate surface area is 125 Å². The van der Waals surface area contributed by atoms with E-state index in [1.54, 1.807) is 12.1 Å². The minimum atomic E-state index is -0.149. The summed E-state index contributed by atoms with van der Waals surface area (Å²) in [5.74, 6) is 0. The largest absolute Gasteiger partial charge is 0.331 e. The van der Waals surface area contributed by atoms with Gasteiger partial charge in [-0.3, -0.25) is 9.36 Å². The molecule has 1 heterocycles. The Morgan fingerprint density at radius 3 is 2.70 bits per heavy atom. The van der Waals surface area contributed by atoms with Crippen molar-refractivity contribution in [3.63, 3.8) is 0 Å². The van der Waals surface area contributed by atoms with Gasteiger partial charge in [0.1, 0.15) is 0 Å². The molecule has 0 aliphatic carbocycles. The Morgan fingerprint density at radius 2 is 1.95 bits per heavy atom. The highest BCUT2D eigenvalue weighted by atomic mass is 35.5. The van der Waals surface area contributed by atoms with Crippen molar-refractivity contribution in [2.75, 3.05) is 0 Å². The van der Waals surface area contributed by atoms with Crippen molar-refractivity contribution in [2.24, 2.45) is 0 Å². The van der Waals surface area contributed by atoms with E-state index in [4.69, 9.17) is 23.8 Å². The molecule has 0 unspecified atom stereocenters. The first kappa shape index (κ1) is 13.1. The van der Waals surface area contributed by atoms with Crippen molar-refractivity contribution in [3.05, 3.63) is 68.2 Å². The molecule has 20 heavy (non-hydrogen) atoms. The highest BCUT2D eigenvalue weighted by Crippen LogP contribution is 2.19. The maximum absolute atomic E-state index is 12.6. The third-order valence-electron chi connectivity index (χ3n) is 3.22. The fourth-order valence-electron chi connectivity index (χ4n) is 2.12. The van der Waals surface area contributed by atoms with Gasteiger partial charge in [0, 0.05) is 5.02 Å². The van der Waals surface area contributed by atoms with E-state index in [-0.39, 0.29) is 5.56 Å². The van der Waals surface area contributed by atoms with Gasteiger partial charge in [-0.25, -0.2) is 0 Å². The average Bonchev–Trinajstić information content (AvgIpc) is 2.43. The van der Waals surface area contributed by atoms with Crippen LogP contribution in [0.5, 0.6) is 0 Å². The molecule has 0 fully saturated rings. The van der Waals surface area contributed by atoms with Gasteiger partial charge in [-0.15, -0.1) is 0 Å². The summed E-state index contributed by atoms with van der Waals surface area (Å²) in [7, 11) is 0. The predicted molar refractivity (Wildman–Crippen MR) is 84.5 cm³/mol. The Bertz CT molecular complexity index is 927. The number of benzene rings is 2. The lowest BCUT2D eigenvalue weighted by Gasteiger charge is -2.09. The average molecular weight is 303 g/mol. The standard InChI is InChI=1S/C15H11ClN2OS/c1-9-6-7-10(8-12(9)16)18-14(19)11-4-2-3-5-13(11)17-15(18)20/h2-8H,1H3,(H,17,20). The number of aromatic amines is 1. The summed E-state index contributed by atoms with van der Waals surface area (Å²) >= 11 is 11.4. The number of para-hydroxylation sites is 1. The first-order valence-corrected chi connectivity index (χ1v) is 6.87. The maximum Gasteiger partial charge on any atom is 0.266 e. The fourth-order valence-corrected chi connectivity index (χ4v) is 2.59. The van der Waals surface area contributed by atoms with Gasteiger partial charge in [0.05, 0.1) is 16.6 Å². The van der Waals surface area contributed by atoms with Gasteiger partial charge in [0.2, 0.25) is 0 Å². The maximum atomic E-state index is 12.6. The monoisotopic (exact) mass is 302 g/mol. The summed E-state index contributed by atoms with van der Waals surface area (Å²) in [6, 6.07) is 12.7. The quantitative estimate of drug-likeness (QED) is 0.690. The van der Waals surface area contributed by atoms with Crippen LogP contribution in [0, 0.1) is 11.7 Å². The van der Waals surface area contributed by atoms with Gasteiger partial charge in [-0.2, -0.15) is 0 Å². The summed E-state index contributed by atoms with van der Waals surface area (Å²) in [6.45, 7) is 1.91. The first-order valence-electron chi connectivity index (χ1n) is 6.08. The number of aryl methyl sites for hydroxylation is 1. The van der Waals surface area contributed by atoms with Gasteiger partial charge in [0.15, 0.2) is 4.77 Å². The third kappa shape index (κ3) is 2.07. The SMILES string of the molecule is Cc1ccc(-n2c(=S)[nH]c3ccccc3c2=O)cc1Cl. The minimum Gasteiger partial charge on any atom is -0.331 e. The molecule has 0 atom stereocenters. The van der Waals surface area contributed by atoms with Crippen molar-refractivity contribution >= 4 is 34.7 Å². The van der Waals surface area contributed by atoms with E-state index in [9.17, 15) is 4.79 Å². The molecule has 0 saturated heterocycles. The molecule has 0 bridgehead atoms. The smallest absolute Gasteiger partial charge is 0.266 e. The van der Waals surface area contributed by atoms with Gasteiger partial charge in [-0.1, -0.05) is 29.8 Å². The van der Waals surface area contributed by atoms with Crippen LogP contribution in [0.1, 0.15) is 5.56 Å². The number of halogens is 1. The van der Waals surface area contributed by atoms with E-state index in [2.05, 4.69) is 4.98 Å². The van der Waals surface area contributed by atoms with Crippen LogP contribution < -0.4 is 5.56 Å². The predicted octanol–water partition coefficient (Wildman–Crippen LogP) is 4.01. The fraction of sp³-hybridized carbons (Fsp3) is 0.0667. The van der Waals surface area contributed by atoms with Crippen molar-refractivity contribution < 1.29 is 0 Å². The van der Waals surface area contributed by atoms with Crippen molar-refractivity contribution in [1.29, 1.82) is 0 Å². The molecular formula is C15H11ClN2OS. The molecule has 2 aromatic carbocycles. The molecule has 0 radical (unpaired) electrons. The molecule has 0 saturated carbocycles. The Morgan fingerprint density at radius 1 is 1.20 bits per heavy atom. The van der Waals surface area contributed by atoms with Crippen LogP contribution in [0.2, 0.25) is 5.02 Å². The molecule has 3 nitrogen and oxygen atoms in total. The van der Waals surface area contributed by atoms with E-state index in [1.807, 2.05) is 37.3 Å². The highest BCUT2D eigenvalue weighted by Gasteiger charge is 2.08. The summed E-state index contributed by atoms with van der Waals surface area (Å²) in [6.07, 6.45) is 0. The second-order valence-electron chi connectivity index (χ2n) is 4.55. The number of H-pyrrole nitrogens is 1. The second-order valence-corrected chi connectivity index (χ2v) is 5.34. The van der Waals surface area contributed by atoms with Crippen LogP contribution in [0.4, 0.5) is 0 Å². The summed E-state index contributed by atoms with van der Waals surface area (Å²) < 4.78 is 1.82. The zero-order valence-corrected chi connectivity index (χ0v) is 12.3. The van der Waals surface area contributed by atoms with E-state index in [0.29, 0.717) is 20.9 Å². The lowest BCUT2D eigenvalue weighted by molar-refractivity contribution is 0.939. The number of fused-ring (bicyclic) bond motifs is 1. The van der Waals surface area contributed by atoms with Crippen LogP contribution in [0.15, 0.2) is 47.3 Å². The molecule has 5 heteroatoms. The van der Waals surface area contributed by atoms with E-state index < -0.39 is 0 Å². The Hall–Kier alpha value is -1.91. The van der Waals surface area contributed by atoms with E-state index in [1.165, 1.54) is 4.57 Å². The molecule has 1 N–H and O–H groups in total. The Balaban J connectivity index is 2.39. The van der Waals surface area contributed by atoms with E-state index in [0.717, 1.165) is 11.1 Å². The molecule has 100 valence electrons. The molecule has 0 spiro atoms. The zero-order chi connectivity index (χ0) is 14.3. The number of rotatable bonds is 1. The van der Waals surface area contributed by atoms with Crippen LogP contribution in [0.3, 0.4) is 0 Å². The van der Waals surface area contributed by atoms with Crippen LogP contribution in [-0.4, -0.2) is 9.55 Å². The molecule has 0 aliphatic rings. The summed E-state index contributed by atoms with van der Waals surface area (Å²) in [5.41, 5.74) is 2.21. The van der Waals surface area contributed by atoms with Gasteiger partial charge < -0.3 is 4.98 Å². The van der Waals surface area contributed by atoms with Crippen LogP contribution in [-0.2, 0) is 0 Å². The Kier molecular flexibility index (Phi) is 3.20. The number of hydrogen-bond acceptors (Lipinski definition) is 2. The van der Waals surface area contributed by atoms with Gasteiger partial charge in [-0.05, 0) is 49.0 Å². The van der Waals surface area contributed by atoms with Crippen molar-refractivity contribution in [3.8, 4) is 5.69 Å². The summed E-state index contributed by atoms with van der Waals surface area (Å²) in [5, 5.41) is 1.20. The normalized spacial score (nSPS) is 10.9. The number of nitrogens with zero attached hydrogens (tertiary/aromatic N) is 1. The molecule has 3 rings (SSSR count). The third-order valence-corrected chi connectivity index (χ3v) is 3.91. The topological polar surface area (TPSA) is 37.8 Å². The van der Waals surface area contributed by atoms with Gasteiger partial charge in [0.25, 0.3) is 5.56 Å². The molecule has 0 amide bonds. The number of aromatic nitrogens is 2. The zero-order valence-electron chi connectivity index (χ0n) is 10.7. The van der Waals surface area contributed by atoms with E-state index >= 15 is 0 Å². The molecule has 1 aromatic heterocycles. The first-order chi connectivity index (χ1) is 9.58.